The van der Waals surface area contributed by atoms with Gasteiger partial charge >= 0.3 is 0 Å². The van der Waals surface area contributed by atoms with Crippen molar-refractivity contribution in [3.63, 3.8) is 0 Å². The van der Waals surface area contributed by atoms with Gasteiger partial charge in [-0.05, 0) is 61.1 Å². The van der Waals surface area contributed by atoms with Gasteiger partial charge in [0.2, 0.25) is 0 Å². The van der Waals surface area contributed by atoms with Crippen molar-refractivity contribution in [2.75, 3.05) is 13.2 Å². The molecule has 2 rings (SSSR count). The highest BCUT2D eigenvalue weighted by molar-refractivity contribution is 6.30. The largest absolute Gasteiger partial charge is 0.489 e. The fourth-order valence-corrected chi connectivity index (χ4v) is 2.21. The second kappa shape index (κ2) is 6.46. The molecule has 2 N–H and O–H groups in total. The molecular formula is C14H19Cl2NO. The van der Waals surface area contributed by atoms with Crippen molar-refractivity contribution in [2.24, 2.45) is 11.7 Å². The van der Waals surface area contributed by atoms with Crippen molar-refractivity contribution in [3.8, 4) is 5.75 Å². The first-order valence-corrected chi connectivity index (χ1v) is 6.26. The Morgan fingerprint density at radius 3 is 2.83 bits per heavy atom. The van der Waals surface area contributed by atoms with E-state index in [0.717, 1.165) is 29.3 Å². The highest BCUT2D eigenvalue weighted by Gasteiger charge is 2.38. The zero-order valence-electron chi connectivity index (χ0n) is 10.5. The monoisotopic (exact) mass is 287 g/mol. The molecule has 2 atom stereocenters. The average Bonchev–Trinajstić information content (AvgIpc) is 3.06. The van der Waals surface area contributed by atoms with Crippen LogP contribution >= 0.6 is 24.0 Å². The molecule has 0 spiro atoms. The van der Waals surface area contributed by atoms with Crippen LogP contribution in [0.1, 0.15) is 24.8 Å². The number of ether oxygens (including phenoxy) is 1. The number of hydrogen-bond acceptors (Lipinski definition) is 2. The molecule has 0 bridgehead atoms. The van der Waals surface area contributed by atoms with Gasteiger partial charge < -0.3 is 10.5 Å². The molecule has 1 saturated carbocycles. The van der Waals surface area contributed by atoms with E-state index >= 15 is 0 Å². The van der Waals surface area contributed by atoms with Gasteiger partial charge in [0, 0.05) is 5.02 Å². The molecule has 0 heterocycles. The summed E-state index contributed by atoms with van der Waals surface area (Å²) in [7, 11) is 0. The van der Waals surface area contributed by atoms with Gasteiger partial charge in [0.15, 0.2) is 0 Å². The van der Waals surface area contributed by atoms with Crippen LogP contribution in [-0.4, -0.2) is 13.2 Å². The number of halogens is 2. The maximum Gasteiger partial charge on any atom is 0.123 e. The minimum atomic E-state index is 0. The van der Waals surface area contributed by atoms with Crippen molar-refractivity contribution >= 4 is 24.0 Å². The number of benzene rings is 1. The lowest BCUT2D eigenvalue weighted by atomic mass is 10.1. The van der Waals surface area contributed by atoms with Crippen LogP contribution in [0.2, 0.25) is 5.02 Å². The quantitative estimate of drug-likeness (QED) is 0.837. The van der Waals surface area contributed by atoms with Crippen molar-refractivity contribution < 1.29 is 4.74 Å². The first-order valence-electron chi connectivity index (χ1n) is 5.88. The summed E-state index contributed by atoms with van der Waals surface area (Å²) in [6, 6.07) is 5.79. The molecular weight excluding hydrogens is 269 g/mol. The van der Waals surface area contributed by atoms with Gasteiger partial charge in [-0.2, -0.15) is 0 Å². The van der Waals surface area contributed by atoms with E-state index in [1.165, 1.54) is 5.56 Å². The molecule has 0 radical (unpaired) electrons. The van der Waals surface area contributed by atoms with Gasteiger partial charge in [0.1, 0.15) is 12.4 Å². The second-order valence-corrected chi connectivity index (χ2v) is 5.20. The zero-order chi connectivity index (χ0) is 12.4. The minimum Gasteiger partial charge on any atom is -0.489 e. The van der Waals surface area contributed by atoms with Crippen LogP contribution in [0.3, 0.4) is 0 Å². The van der Waals surface area contributed by atoms with Crippen molar-refractivity contribution in [3.05, 3.63) is 40.9 Å². The maximum atomic E-state index is 6.04. The Labute approximate surface area is 120 Å². The summed E-state index contributed by atoms with van der Waals surface area (Å²) in [5, 5.41) is 0.755. The van der Waals surface area contributed by atoms with E-state index in [4.69, 9.17) is 22.1 Å². The molecule has 1 aromatic rings. The molecule has 4 heteroatoms. The molecule has 1 aliphatic rings. The smallest absolute Gasteiger partial charge is 0.123 e. The molecule has 1 aliphatic carbocycles. The number of nitrogens with two attached hydrogens (primary N) is 1. The van der Waals surface area contributed by atoms with E-state index in [1.54, 1.807) is 0 Å². The van der Waals surface area contributed by atoms with Gasteiger partial charge in [-0.15, -0.1) is 12.4 Å². The van der Waals surface area contributed by atoms with Gasteiger partial charge in [0.25, 0.3) is 0 Å². The summed E-state index contributed by atoms with van der Waals surface area (Å²) < 4.78 is 5.75. The van der Waals surface area contributed by atoms with Gasteiger partial charge in [-0.25, -0.2) is 0 Å². The van der Waals surface area contributed by atoms with Gasteiger partial charge in [-0.3, -0.25) is 0 Å². The van der Waals surface area contributed by atoms with Crippen molar-refractivity contribution in [1.29, 1.82) is 0 Å². The van der Waals surface area contributed by atoms with Crippen LogP contribution < -0.4 is 10.5 Å². The lowest BCUT2D eigenvalue weighted by molar-refractivity contribution is 0.348. The van der Waals surface area contributed by atoms with E-state index in [0.29, 0.717) is 18.4 Å². The predicted octanol–water partition coefficient (Wildman–Crippen LogP) is 3.78. The Morgan fingerprint density at radius 2 is 2.28 bits per heavy atom. The van der Waals surface area contributed by atoms with Crippen LogP contribution in [0.4, 0.5) is 0 Å². The lowest BCUT2D eigenvalue weighted by Crippen LogP contribution is -2.04. The van der Waals surface area contributed by atoms with E-state index < -0.39 is 0 Å². The zero-order valence-corrected chi connectivity index (χ0v) is 12.1. The highest BCUT2D eigenvalue weighted by atomic mass is 35.5. The molecule has 0 amide bonds. The average molecular weight is 288 g/mol. The highest BCUT2D eigenvalue weighted by Crippen LogP contribution is 2.50. The molecule has 18 heavy (non-hydrogen) atoms. The first-order chi connectivity index (χ1) is 8.11. The summed E-state index contributed by atoms with van der Waals surface area (Å²) >= 11 is 6.04. The SMILES string of the molecule is C=C(C)COc1ccc(Cl)cc1[C@H]1C[C@@H]1CN.Cl. The van der Waals surface area contributed by atoms with Crippen LogP contribution in [-0.2, 0) is 0 Å². The summed E-state index contributed by atoms with van der Waals surface area (Å²) in [6.07, 6.45) is 1.14. The number of hydrogen-bond donors (Lipinski definition) is 1. The van der Waals surface area contributed by atoms with Crippen LogP contribution in [0, 0.1) is 5.92 Å². The normalized spacial score (nSPS) is 21.1. The van der Waals surface area contributed by atoms with Crippen molar-refractivity contribution in [2.45, 2.75) is 19.3 Å². The standard InChI is InChI=1S/C14H18ClNO.ClH/c1-9(2)8-17-14-4-3-11(15)6-13(14)12-5-10(12)7-16;/h3-4,6,10,12H,1,5,7-8,16H2,2H3;1H/t10-,12+;/m1./s1. The third kappa shape index (κ3) is 3.64. The van der Waals surface area contributed by atoms with Gasteiger partial charge in [0.05, 0.1) is 0 Å². The topological polar surface area (TPSA) is 35.2 Å². The van der Waals surface area contributed by atoms with Gasteiger partial charge in [-0.1, -0.05) is 18.2 Å². The second-order valence-electron chi connectivity index (χ2n) is 4.77. The van der Waals surface area contributed by atoms with Crippen LogP contribution in [0.5, 0.6) is 5.75 Å². The van der Waals surface area contributed by atoms with E-state index in [2.05, 4.69) is 6.58 Å². The first kappa shape index (κ1) is 15.4. The Morgan fingerprint density at radius 1 is 1.56 bits per heavy atom. The molecule has 0 aliphatic heterocycles. The van der Waals surface area contributed by atoms with Crippen LogP contribution in [0.25, 0.3) is 0 Å². The van der Waals surface area contributed by atoms with Crippen molar-refractivity contribution in [1.82, 2.24) is 0 Å². The fraction of sp³-hybridized carbons (Fsp3) is 0.429. The molecule has 0 unspecified atom stereocenters. The molecule has 100 valence electrons. The fourth-order valence-electron chi connectivity index (χ4n) is 2.03. The Kier molecular flexibility index (Phi) is 5.51. The summed E-state index contributed by atoms with van der Waals surface area (Å²) in [6.45, 7) is 7.08. The molecule has 1 fully saturated rings. The summed E-state index contributed by atoms with van der Waals surface area (Å²) in [4.78, 5) is 0. The lowest BCUT2D eigenvalue weighted by Gasteiger charge is -2.12. The van der Waals surface area contributed by atoms with E-state index in [1.807, 2.05) is 25.1 Å². The van der Waals surface area contributed by atoms with E-state index in [-0.39, 0.29) is 12.4 Å². The minimum absolute atomic E-state index is 0. The summed E-state index contributed by atoms with van der Waals surface area (Å²) in [5.74, 6) is 2.01. The Balaban J connectivity index is 0.00000162. The third-order valence-corrected chi connectivity index (χ3v) is 3.31. The Hall–Kier alpha value is -0.700. The molecule has 0 aromatic heterocycles. The molecule has 2 nitrogen and oxygen atoms in total. The molecule has 1 aromatic carbocycles. The predicted molar refractivity (Wildman–Crippen MR) is 78.9 cm³/mol. The van der Waals surface area contributed by atoms with E-state index in [9.17, 15) is 0 Å². The summed E-state index contributed by atoms with van der Waals surface area (Å²) in [5.41, 5.74) is 7.88. The molecule has 0 saturated heterocycles. The Bertz CT molecular complexity index is 434. The van der Waals surface area contributed by atoms with Crippen LogP contribution in [0.15, 0.2) is 30.4 Å². The third-order valence-electron chi connectivity index (χ3n) is 3.07. The number of rotatable bonds is 5. The maximum absolute atomic E-state index is 6.04.